The van der Waals surface area contributed by atoms with Crippen LogP contribution in [0.15, 0.2) is 30.6 Å². The Morgan fingerprint density at radius 1 is 1.35 bits per heavy atom. The number of aliphatic carboxylic acids is 2. The number of hydrogen-bond donors (Lipinski definition) is 3. The standard InChI is InChI=1S/C13H14N2O5/c16-11(5-3-9-2-1-7-14-8-9)15-10(13(19)20)4-6-12(17)18/h1-3,5,7-8,10H,4,6H2,(H,15,16)(H,17,18)(H,19,20)/b5-3+. The van der Waals surface area contributed by atoms with Gasteiger partial charge in [0.2, 0.25) is 5.91 Å². The molecule has 0 fully saturated rings. The maximum atomic E-state index is 11.5. The van der Waals surface area contributed by atoms with Gasteiger partial charge in [-0.15, -0.1) is 0 Å². The number of carboxylic acid groups (broad SMARTS) is 2. The Morgan fingerprint density at radius 3 is 2.65 bits per heavy atom. The molecule has 0 bridgehead atoms. The fraction of sp³-hybridized carbons (Fsp3) is 0.231. The van der Waals surface area contributed by atoms with Crippen LogP contribution in [0.1, 0.15) is 18.4 Å². The molecule has 7 heteroatoms. The summed E-state index contributed by atoms with van der Waals surface area (Å²) in [7, 11) is 0. The summed E-state index contributed by atoms with van der Waals surface area (Å²) < 4.78 is 0. The van der Waals surface area contributed by atoms with Gasteiger partial charge in [-0.3, -0.25) is 14.6 Å². The van der Waals surface area contributed by atoms with Crippen molar-refractivity contribution in [2.75, 3.05) is 0 Å². The highest BCUT2D eigenvalue weighted by molar-refractivity contribution is 5.94. The monoisotopic (exact) mass is 278 g/mol. The third-order valence-electron chi connectivity index (χ3n) is 2.37. The number of aromatic nitrogens is 1. The van der Waals surface area contributed by atoms with Gasteiger partial charge in [-0.1, -0.05) is 6.07 Å². The lowest BCUT2D eigenvalue weighted by molar-refractivity contribution is -0.142. The van der Waals surface area contributed by atoms with E-state index in [1.54, 1.807) is 24.5 Å². The summed E-state index contributed by atoms with van der Waals surface area (Å²) in [6, 6.07) is 2.21. The van der Waals surface area contributed by atoms with Crippen molar-refractivity contribution in [3.8, 4) is 0 Å². The second-order valence-corrected chi connectivity index (χ2v) is 3.95. The molecule has 1 unspecified atom stereocenters. The minimum absolute atomic E-state index is 0.170. The van der Waals surface area contributed by atoms with Crippen molar-refractivity contribution in [3.05, 3.63) is 36.2 Å². The van der Waals surface area contributed by atoms with E-state index in [1.165, 1.54) is 12.2 Å². The van der Waals surface area contributed by atoms with Crippen molar-refractivity contribution in [1.82, 2.24) is 10.3 Å². The van der Waals surface area contributed by atoms with Crippen molar-refractivity contribution in [2.24, 2.45) is 0 Å². The van der Waals surface area contributed by atoms with Crippen LogP contribution in [-0.4, -0.2) is 39.1 Å². The summed E-state index contributed by atoms with van der Waals surface area (Å²) in [5.41, 5.74) is 0.695. The predicted octanol–water partition coefficient (Wildman–Crippen LogP) is 0.529. The summed E-state index contributed by atoms with van der Waals surface area (Å²) in [6.45, 7) is 0. The smallest absolute Gasteiger partial charge is 0.326 e. The highest BCUT2D eigenvalue weighted by Gasteiger charge is 2.19. The first kappa shape index (κ1) is 15.4. The van der Waals surface area contributed by atoms with E-state index < -0.39 is 23.9 Å². The first-order chi connectivity index (χ1) is 9.49. The van der Waals surface area contributed by atoms with Gasteiger partial charge in [0.15, 0.2) is 0 Å². The van der Waals surface area contributed by atoms with Crippen LogP contribution in [0, 0.1) is 0 Å². The lowest BCUT2D eigenvalue weighted by atomic mass is 10.1. The van der Waals surface area contributed by atoms with Gasteiger partial charge in [0, 0.05) is 24.9 Å². The number of rotatable bonds is 7. The molecule has 0 aliphatic heterocycles. The first-order valence-electron chi connectivity index (χ1n) is 5.82. The molecule has 1 amide bonds. The van der Waals surface area contributed by atoms with E-state index in [2.05, 4.69) is 10.3 Å². The van der Waals surface area contributed by atoms with Crippen LogP contribution in [0.2, 0.25) is 0 Å². The highest BCUT2D eigenvalue weighted by atomic mass is 16.4. The molecule has 7 nitrogen and oxygen atoms in total. The van der Waals surface area contributed by atoms with Crippen molar-refractivity contribution in [2.45, 2.75) is 18.9 Å². The minimum atomic E-state index is -1.27. The van der Waals surface area contributed by atoms with Crippen LogP contribution in [0.5, 0.6) is 0 Å². The molecule has 0 aromatic carbocycles. The second-order valence-electron chi connectivity index (χ2n) is 3.95. The van der Waals surface area contributed by atoms with E-state index in [0.717, 1.165) is 0 Å². The number of nitrogens with zero attached hydrogens (tertiary/aromatic N) is 1. The Labute approximate surface area is 115 Å². The molecular formula is C13H14N2O5. The van der Waals surface area contributed by atoms with Gasteiger partial charge in [-0.2, -0.15) is 0 Å². The average Bonchev–Trinajstić information content (AvgIpc) is 2.41. The lowest BCUT2D eigenvalue weighted by Crippen LogP contribution is -2.40. The zero-order valence-corrected chi connectivity index (χ0v) is 10.5. The van der Waals surface area contributed by atoms with Crippen molar-refractivity contribution in [3.63, 3.8) is 0 Å². The van der Waals surface area contributed by atoms with Gasteiger partial charge in [0.25, 0.3) is 0 Å². The van der Waals surface area contributed by atoms with Crippen LogP contribution in [0.4, 0.5) is 0 Å². The molecule has 0 saturated heterocycles. The first-order valence-corrected chi connectivity index (χ1v) is 5.82. The molecule has 0 aliphatic carbocycles. The summed E-state index contributed by atoms with van der Waals surface area (Å²) in [5, 5.41) is 19.6. The molecule has 0 radical (unpaired) electrons. The molecular weight excluding hydrogens is 264 g/mol. The second kappa shape index (κ2) is 7.67. The van der Waals surface area contributed by atoms with E-state index in [1.807, 2.05) is 0 Å². The zero-order valence-electron chi connectivity index (χ0n) is 10.5. The predicted molar refractivity (Wildman–Crippen MR) is 69.7 cm³/mol. The Morgan fingerprint density at radius 2 is 2.10 bits per heavy atom. The van der Waals surface area contributed by atoms with Crippen molar-refractivity contribution in [1.29, 1.82) is 0 Å². The molecule has 0 spiro atoms. The maximum absolute atomic E-state index is 11.5. The fourth-order valence-corrected chi connectivity index (χ4v) is 1.39. The van der Waals surface area contributed by atoms with Gasteiger partial charge < -0.3 is 15.5 Å². The van der Waals surface area contributed by atoms with Crippen LogP contribution < -0.4 is 5.32 Å². The summed E-state index contributed by atoms with van der Waals surface area (Å²) in [4.78, 5) is 36.7. The maximum Gasteiger partial charge on any atom is 0.326 e. The third-order valence-corrected chi connectivity index (χ3v) is 2.37. The quantitative estimate of drug-likeness (QED) is 0.626. The highest BCUT2D eigenvalue weighted by Crippen LogP contribution is 2.01. The molecule has 1 atom stereocenters. The van der Waals surface area contributed by atoms with E-state index in [0.29, 0.717) is 5.56 Å². The third kappa shape index (κ3) is 5.76. The molecule has 0 aliphatic rings. The van der Waals surface area contributed by atoms with Gasteiger partial charge in [0.05, 0.1) is 0 Å². The van der Waals surface area contributed by atoms with E-state index in [-0.39, 0.29) is 12.8 Å². The number of carbonyl (C=O) groups is 3. The molecule has 1 aromatic heterocycles. The Hall–Kier alpha value is -2.70. The zero-order chi connectivity index (χ0) is 15.0. The van der Waals surface area contributed by atoms with Crippen LogP contribution in [-0.2, 0) is 14.4 Å². The van der Waals surface area contributed by atoms with E-state index in [9.17, 15) is 14.4 Å². The number of pyridine rings is 1. The summed E-state index contributed by atoms with van der Waals surface area (Å²) in [6.07, 6.45) is 5.29. The number of carbonyl (C=O) groups excluding carboxylic acids is 1. The number of carboxylic acids is 2. The number of amides is 1. The SMILES string of the molecule is O=C(O)CCC(NC(=O)/C=C/c1cccnc1)C(=O)O. The Balaban J connectivity index is 2.56. The minimum Gasteiger partial charge on any atom is -0.481 e. The molecule has 1 rings (SSSR count). The number of hydrogen-bond acceptors (Lipinski definition) is 4. The van der Waals surface area contributed by atoms with Gasteiger partial charge >= 0.3 is 11.9 Å². The topological polar surface area (TPSA) is 117 Å². The summed E-state index contributed by atoms with van der Waals surface area (Å²) in [5.74, 6) is -2.99. The lowest BCUT2D eigenvalue weighted by Gasteiger charge is -2.11. The van der Waals surface area contributed by atoms with Crippen LogP contribution in [0.25, 0.3) is 6.08 Å². The Bertz CT molecular complexity index is 513. The largest absolute Gasteiger partial charge is 0.481 e. The molecule has 3 N–H and O–H groups in total. The van der Waals surface area contributed by atoms with Crippen molar-refractivity contribution >= 4 is 23.9 Å². The normalized spacial score (nSPS) is 12.0. The molecule has 106 valence electrons. The van der Waals surface area contributed by atoms with Gasteiger partial charge in [0.1, 0.15) is 6.04 Å². The van der Waals surface area contributed by atoms with Gasteiger partial charge in [-0.05, 0) is 24.1 Å². The van der Waals surface area contributed by atoms with Gasteiger partial charge in [-0.25, -0.2) is 4.79 Å². The van der Waals surface area contributed by atoms with E-state index in [4.69, 9.17) is 10.2 Å². The average molecular weight is 278 g/mol. The molecule has 1 aromatic rings. The Kier molecular flexibility index (Phi) is 5.89. The molecule has 20 heavy (non-hydrogen) atoms. The van der Waals surface area contributed by atoms with E-state index >= 15 is 0 Å². The van der Waals surface area contributed by atoms with Crippen LogP contribution in [0.3, 0.4) is 0 Å². The van der Waals surface area contributed by atoms with Crippen LogP contribution >= 0.6 is 0 Å². The summed E-state index contributed by atoms with van der Waals surface area (Å²) >= 11 is 0. The molecule has 0 saturated carbocycles. The molecule has 1 heterocycles. The van der Waals surface area contributed by atoms with Crippen molar-refractivity contribution < 1.29 is 24.6 Å². The number of nitrogens with one attached hydrogen (secondary N) is 1. The fourth-order valence-electron chi connectivity index (χ4n) is 1.39.